The number of nitrogens with one attached hydrogen (secondary N) is 1. The first-order valence-electron chi connectivity index (χ1n) is 6.76. The number of alkyl carbamates (subject to hydrolysis) is 1. The Morgan fingerprint density at radius 1 is 1.16 bits per heavy atom. The van der Waals surface area contributed by atoms with E-state index in [1.54, 1.807) is 0 Å². The van der Waals surface area contributed by atoms with Crippen LogP contribution in [0.1, 0.15) is 46.5 Å². The summed E-state index contributed by atoms with van der Waals surface area (Å²) in [4.78, 5) is 22.1. The van der Waals surface area contributed by atoms with Gasteiger partial charge in [0.2, 0.25) is 0 Å². The number of hydrogen-bond acceptors (Lipinski definition) is 4. The third-order valence-electron chi connectivity index (χ3n) is 2.77. The minimum Gasteiger partial charge on any atom is -0.449 e. The molecule has 112 valence electrons. The summed E-state index contributed by atoms with van der Waals surface area (Å²) in [5, 5.41) is 2.67. The van der Waals surface area contributed by atoms with E-state index in [0.29, 0.717) is 6.54 Å². The van der Waals surface area contributed by atoms with Crippen molar-refractivity contribution in [3.8, 4) is 0 Å². The molecule has 6 heteroatoms. The number of hydrogen-bond donors (Lipinski definition) is 2. The molecule has 0 unspecified atom stereocenters. The molecule has 0 saturated carbocycles. The zero-order valence-corrected chi connectivity index (χ0v) is 12.2. The molecule has 2 amide bonds. The molecule has 0 heterocycles. The van der Waals surface area contributed by atoms with Crippen LogP contribution in [0.4, 0.5) is 9.59 Å². The molecule has 0 aromatic carbocycles. The fourth-order valence-corrected chi connectivity index (χ4v) is 1.69. The molecule has 0 rings (SSSR count). The lowest BCUT2D eigenvalue weighted by Crippen LogP contribution is -2.35. The summed E-state index contributed by atoms with van der Waals surface area (Å²) in [6.07, 6.45) is 2.37. The quantitative estimate of drug-likeness (QED) is 0.632. The minimum atomic E-state index is -0.810. The molecular weight excluding hydrogens is 248 g/mol. The number of carbonyl (C=O) groups is 2. The Balaban J connectivity index is 4.10. The molecule has 19 heavy (non-hydrogen) atoms. The van der Waals surface area contributed by atoms with Crippen LogP contribution in [0.2, 0.25) is 0 Å². The standard InChI is InChI=1S/C13H26N2O4/c1-4-6-8-15-12(17)19-10-13(3,7-5-2)9-18-11(14)16/h4-10H2,1-3H3,(H2,14,16)(H,15,17)/t13-/m1/s1. The Morgan fingerprint density at radius 2 is 1.79 bits per heavy atom. The van der Waals surface area contributed by atoms with Gasteiger partial charge in [0.15, 0.2) is 0 Å². The van der Waals surface area contributed by atoms with Gasteiger partial charge in [-0.2, -0.15) is 0 Å². The van der Waals surface area contributed by atoms with E-state index in [2.05, 4.69) is 5.32 Å². The molecular formula is C13H26N2O4. The highest BCUT2D eigenvalue weighted by Gasteiger charge is 2.27. The largest absolute Gasteiger partial charge is 0.449 e. The van der Waals surface area contributed by atoms with Gasteiger partial charge in [-0.25, -0.2) is 9.59 Å². The number of nitrogens with two attached hydrogens (primary N) is 1. The van der Waals surface area contributed by atoms with Gasteiger partial charge in [0.1, 0.15) is 13.2 Å². The minimum absolute atomic E-state index is 0.151. The third kappa shape index (κ3) is 9.16. The van der Waals surface area contributed by atoms with Crippen molar-refractivity contribution < 1.29 is 19.1 Å². The summed E-state index contributed by atoms with van der Waals surface area (Å²) >= 11 is 0. The van der Waals surface area contributed by atoms with Crippen molar-refractivity contribution >= 4 is 12.2 Å². The van der Waals surface area contributed by atoms with E-state index in [-0.39, 0.29) is 13.2 Å². The summed E-state index contributed by atoms with van der Waals surface area (Å²) in [6.45, 7) is 6.93. The third-order valence-corrected chi connectivity index (χ3v) is 2.77. The van der Waals surface area contributed by atoms with Gasteiger partial charge in [0.25, 0.3) is 0 Å². The lowest BCUT2D eigenvalue weighted by atomic mass is 9.87. The Kier molecular flexibility index (Phi) is 8.74. The van der Waals surface area contributed by atoms with Gasteiger partial charge in [-0.05, 0) is 12.8 Å². The summed E-state index contributed by atoms with van der Waals surface area (Å²) in [6, 6.07) is 0. The van der Waals surface area contributed by atoms with Crippen molar-refractivity contribution in [1.29, 1.82) is 0 Å². The molecule has 3 N–H and O–H groups in total. The maximum atomic E-state index is 11.4. The van der Waals surface area contributed by atoms with Crippen molar-refractivity contribution in [3.05, 3.63) is 0 Å². The first kappa shape index (κ1) is 17.5. The molecule has 0 aliphatic carbocycles. The molecule has 1 atom stereocenters. The normalized spacial score (nSPS) is 13.4. The average Bonchev–Trinajstić information content (AvgIpc) is 2.35. The van der Waals surface area contributed by atoms with Gasteiger partial charge in [-0.1, -0.05) is 33.6 Å². The zero-order chi connectivity index (χ0) is 14.7. The Bertz CT molecular complexity index is 284. The van der Waals surface area contributed by atoms with Gasteiger partial charge in [0, 0.05) is 12.0 Å². The molecule has 6 nitrogen and oxygen atoms in total. The van der Waals surface area contributed by atoms with Crippen molar-refractivity contribution in [2.75, 3.05) is 19.8 Å². The van der Waals surface area contributed by atoms with E-state index in [4.69, 9.17) is 15.2 Å². The van der Waals surface area contributed by atoms with E-state index in [0.717, 1.165) is 25.7 Å². The molecule has 0 spiro atoms. The van der Waals surface area contributed by atoms with Gasteiger partial charge in [-0.3, -0.25) is 0 Å². The highest BCUT2D eigenvalue weighted by atomic mass is 16.6. The first-order valence-corrected chi connectivity index (χ1v) is 6.76. The molecule has 0 bridgehead atoms. The monoisotopic (exact) mass is 274 g/mol. The summed E-state index contributed by atoms with van der Waals surface area (Å²) in [5.74, 6) is 0. The SMILES string of the molecule is CCCCNC(=O)OC[C@](C)(CCC)COC(N)=O. The maximum Gasteiger partial charge on any atom is 0.407 e. The predicted molar refractivity (Wildman–Crippen MR) is 72.8 cm³/mol. The van der Waals surface area contributed by atoms with Crippen LogP contribution >= 0.6 is 0 Å². The fourth-order valence-electron chi connectivity index (χ4n) is 1.69. The number of carbonyl (C=O) groups excluding carboxylic acids is 2. The second-order valence-corrected chi connectivity index (χ2v) is 5.02. The number of rotatable bonds is 9. The van der Waals surface area contributed by atoms with Crippen LogP contribution in [0.25, 0.3) is 0 Å². The van der Waals surface area contributed by atoms with Crippen molar-refractivity contribution in [3.63, 3.8) is 0 Å². The topological polar surface area (TPSA) is 90.7 Å². The Morgan fingerprint density at radius 3 is 2.32 bits per heavy atom. The van der Waals surface area contributed by atoms with Gasteiger partial charge in [-0.15, -0.1) is 0 Å². The van der Waals surface area contributed by atoms with Crippen LogP contribution in [0, 0.1) is 5.41 Å². The number of primary amides is 1. The van der Waals surface area contributed by atoms with Gasteiger partial charge >= 0.3 is 12.2 Å². The number of unbranched alkanes of at least 4 members (excludes halogenated alkanes) is 1. The van der Waals surface area contributed by atoms with Crippen LogP contribution in [-0.2, 0) is 9.47 Å². The summed E-state index contributed by atoms with van der Waals surface area (Å²) < 4.78 is 9.97. The first-order chi connectivity index (χ1) is 8.93. The lowest BCUT2D eigenvalue weighted by Gasteiger charge is -2.27. The fraction of sp³-hybridized carbons (Fsp3) is 0.846. The Hall–Kier alpha value is -1.46. The average molecular weight is 274 g/mol. The van der Waals surface area contributed by atoms with E-state index < -0.39 is 17.6 Å². The van der Waals surface area contributed by atoms with E-state index in [9.17, 15) is 9.59 Å². The second kappa shape index (κ2) is 9.47. The van der Waals surface area contributed by atoms with E-state index in [1.807, 2.05) is 20.8 Å². The summed E-state index contributed by atoms with van der Waals surface area (Å²) in [7, 11) is 0. The predicted octanol–water partition coefficient (Wildman–Crippen LogP) is 2.41. The lowest BCUT2D eigenvalue weighted by molar-refractivity contribution is 0.0338. The Labute approximate surface area is 115 Å². The van der Waals surface area contributed by atoms with Crippen molar-refractivity contribution in [2.24, 2.45) is 11.1 Å². The summed E-state index contributed by atoms with van der Waals surface area (Å²) in [5.41, 5.74) is 4.55. The molecule has 0 radical (unpaired) electrons. The van der Waals surface area contributed by atoms with Gasteiger partial charge in [0.05, 0.1) is 0 Å². The molecule has 0 aliphatic heterocycles. The molecule has 0 aromatic heterocycles. The smallest absolute Gasteiger partial charge is 0.407 e. The van der Waals surface area contributed by atoms with Crippen LogP contribution < -0.4 is 11.1 Å². The van der Waals surface area contributed by atoms with Crippen LogP contribution in [0.5, 0.6) is 0 Å². The molecule has 0 aliphatic rings. The maximum absolute atomic E-state index is 11.4. The zero-order valence-electron chi connectivity index (χ0n) is 12.2. The van der Waals surface area contributed by atoms with E-state index >= 15 is 0 Å². The van der Waals surface area contributed by atoms with Crippen LogP contribution in [0.15, 0.2) is 0 Å². The molecule has 0 saturated heterocycles. The van der Waals surface area contributed by atoms with Crippen molar-refractivity contribution in [2.45, 2.75) is 46.5 Å². The molecule has 0 fully saturated rings. The van der Waals surface area contributed by atoms with Gasteiger partial charge < -0.3 is 20.5 Å². The highest BCUT2D eigenvalue weighted by molar-refractivity contribution is 5.67. The highest BCUT2D eigenvalue weighted by Crippen LogP contribution is 2.24. The van der Waals surface area contributed by atoms with E-state index in [1.165, 1.54) is 0 Å². The van der Waals surface area contributed by atoms with Crippen LogP contribution in [-0.4, -0.2) is 31.9 Å². The second-order valence-electron chi connectivity index (χ2n) is 5.02. The van der Waals surface area contributed by atoms with Crippen molar-refractivity contribution in [1.82, 2.24) is 5.32 Å². The molecule has 0 aromatic rings. The van der Waals surface area contributed by atoms with Crippen LogP contribution in [0.3, 0.4) is 0 Å². The number of ether oxygens (including phenoxy) is 2. The number of amides is 2.